The van der Waals surface area contributed by atoms with Crippen LogP contribution >= 0.6 is 11.6 Å². The first-order chi connectivity index (χ1) is 11.1. The number of aryl methyl sites for hydroxylation is 1. The molecule has 5 heteroatoms. The first kappa shape index (κ1) is 15.3. The molecule has 1 amide bonds. The highest BCUT2D eigenvalue weighted by Crippen LogP contribution is 2.30. The Morgan fingerprint density at radius 3 is 2.39 bits per heavy atom. The summed E-state index contributed by atoms with van der Waals surface area (Å²) in [6, 6.07) is 17.0. The highest BCUT2D eigenvalue weighted by atomic mass is 35.5. The van der Waals surface area contributed by atoms with Crippen molar-refractivity contribution in [1.82, 2.24) is 4.98 Å². The normalized spacial score (nSPS) is 10.7. The highest BCUT2D eigenvalue weighted by molar-refractivity contribution is 6.30. The number of carbonyl (C=O) groups excluding carboxylic acids is 1. The molecule has 3 rings (SSSR count). The van der Waals surface area contributed by atoms with Gasteiger partial charge >= 0.3 is 0 Å². The minimum Gasteiger partial charge on any atom is -0.440 e. The molecule has 0 aliphatic rings. The molecule has 0 radical (unpaired) electrons. The van der Waals surface area contributed by atoms with Crippen LogP contribution < -0.4 is 5.73 Å². The van der Waals surface area contributed by atoms with Gasteiger partial charge in [-0.25, -0.2) is 4.98 Å². The molecule has 3 aromatic rings. The fourth-order valence-corrected chi connectivity index (χ4v) is 2.42. The number of oxazole rings is 1. The number of nitrogens with two attached hydrogens (primary N) is 1. The van der Waals surface area contributed by atoms with Crippen LogP contribution in [0.1, 0.15) is 12.2 Å². The second-order valence-corrected chi connectivity index (χ2v) is 5.57. The second kappa shape index (κ2) is 6.67. The zero-order valence-corrected chi connectivity index (χ0v) is 13.1. The van der Waals surface area contributed by atoms with E-state index in [9.17, 15) is 4.79 Å². The van der Waals surface area contributed by atoms with Crippen molar-refractivity contribution in [3.63, 3.8) is 0 Å². The molecule has 2 aromatic carbocycles. The smallest absolute Gasteiger partial charge is 0.226 e. The Hall–Kier alpha value is -2.59. The van der Waals surface area contributed by atoms with Gasteiger partial charge in [0.1, 0.15) is 11.5 Å². The summed E-state index contributed by atoms with van der Waals surface area (Å²) in [6.45, 7) is 0. The van der Waals surface area contributed by atoms with Gasteiger partial charge in [-0.1, -0.05) is 41.9 Å². The van der Waals surface area contributed by atoms with Gasteiger partial charge in [-0.15, -0.1) is 0 Å². The minimum absolute atomic E-state index is 0.212. The van der Waals surface area contributed by atoms with E-state index in [1.54, 1.807) is 12.1 Å². The van der Waals surface area contributed by atoms with Crippen molar-refractivity contribution >= 4 is 17.5 Å². The van der Waals surface area contributed by atoms with Gasteiger partial charge in [0.15, 0.2) is 0 Å². The SMILES string of the molecule is NC(=O)CCc1oc(-c2ccccc2)nc1-c1ccc(Cl)cc1. The molecule has 1 aromatic heterocycles. The Morgan fingerprint density at radius 2 is 1.74 bits per heavy atom. The van der Waals surface area contributed by atoms with Crippen molar-refractivity contribution in [2.24, 2.45) is 5.73 Å². The molecule has 0 saturated carbocycles. The van der Waals surface area contributed by atoms with Gasteiger partial charge in [-0.3, -0.25) is 4.79 Å². The van der Waals surface area contributed by atoms with Crippen LogP contribution in [0.2, 0.25) is 5.02 Å². The Balaban J connectivity index is 2.03. The molecule has 0 spiro atoms. The summed E-state index contributed by atoms with van der Waals surface area (Å²) in [4.78, 5) is 15.7. The van der Waals surface area contributed by atoms with Gasteiger partial charge in [0, 0.05) is 29.0 Å². The molecule has 0 unspecified atom stereocenters. The van der Waals surface area contributed by atoms with E-state index >= 15 is 0 Å². The number of carbonyl (C=O) groups is 1. The molecule has 0 aliphatic heterocycles. The van der Waals surface area contributed by atoms with Crippen LogP contribution in [0.3, 0.4) is 0 Å². The predicted octanol–water partition coefficient (Wildman–Crippen LogP) is 4.08. The number of rotatable bonds is 5. The quantitative estimate of drug-likeness (QED) is 0.768. The number of hydrogen-bond acceptors (Lipinski definition) is 3. The lowest BCUT2D eigenvalue weighted by Crippen LogP contribution is -2.11. The Labute approximate surface area is 138 Å². The van der Waals surface area contributed by atoms with Crippen molar-refractivity contribution < 1.29 is 9.21 Å². The van der Waals surface area contributed by atoms with Crippen LogP contribution in [0, 0.1) is 0 Å². The van der Waals surface area contributed by atoms with Crippen molar-refractivity contribution in [1.29, 1.82) is 0 Å². The van der Waals surface area contributed by atoms with E-state index in [1.165, 1.54) is 0 Å². The zero-order valence-electron chi connectivity index (χ0n) is 12.3. The number of nitrogens with zero attached hydrogens (tertiary/aromatic N) is 1. The Morgan fingerprint density at radius 1 is 1.04 bits per heavy atom. The van der Waals surface area contributed by atoms with Crippen LogP contribution in [-0.2, 0) is 11.2 Å². The van der Waals surface area contributed by atoms with E-state index in [0.29, 0.717) is 28.8 Å². The van der Waals surface area contributed by atoms with Crippen LogP contribution in [0.4, 0.5) is 0 Å². The van der Waals surface area contributed by atoms with E-state index in [0.717, 1.165) is 11.1 Å². The maximum absolute atomic E-state index is 11.1. The molecule has 2 N–H and O–H groups in total. The number of primary amides is 1. The summed E-state index contributed by atoms with van der Waals surface area (Å²) in [6.07, 6.45) is 0.622. The molecule has 116 valence electrons. The number of benzene rings is 2. The van der Waals surface area contributed by atoms with E-state index < -0.39 is 0 Å². The fraction of sp³-hybridized carbons (Fsp3) is 0.111. The molecule has 4 nitrogen and oxygen atoms in total. The largest absolute Gasteiger partial charge is 0.440 e. The molecule has 0 aliphatic carbocycles. The van der Waals surface area contributed by atoms with Crippen molar-refractivity contribution in [3.8, 4) is 22.7 Å². The first-order valence-electron chi connectivity index (χ1n) is 7.23. The number of aromatic nitrogens is 1. The van der Waals surface area contributed by atoms with Gasteiger partial charge in [0.05, 0.1) is 0 Å². The number of hydrogen-bond donors (Lipinski definition) is 1. The molecule has 0 bridgehead atoms. The molecule has 1 heterocycles. The average molecular weight is 327 g/mol. The van der Waals surface area contributed by atoms with Crippen LogP contribution in [0.5, 0.6) is 0 Å². The molecule has 0 saturated heterocycles. The average Bonchev–Trinajstić information content (AvgIpc) is 2.99. The third kappa shape index (κ3) is 3.60. The lowest BCUT2D eigenvalue weighted by atomic mass is 10.1. The number of halogens is 1. The lowest BCUT2D eigenvalue weighted by Gasteiger charge is -2.00. The summed E-state index contributed by atoms with van der Waals surface area (Å²) in [5.74, 6) is 0.796. The monoisotopic (exact) mass is 326 g/mol. The second-order valence-electron chi connectivity index (χ2n) is 5.13. The maximum atomic E-state index is 11.1. The predicted molar refractivity (Wildman–Crippen MR) is 89.9 cm³/mol. The van der Waals surface area contributed by atoms with Crippen LogP contribution in [-0.4, -0.2) is 10.9 Å². The van der Waals surface area contributed by atoms with E-state index in [2.05, 4.69) is 4.98 Å². The molecule has 23 heavy (non-hydrogen) atoms. The van der Waals surface area contributed by atoms with E-state index in [-0.39, 0.29) is 12.3 Å². The van der Waals surface area contributed by atoms with Gasteiger partial charge in [-0.05, 0) is 24.3 Å². The van der Waals surface area contributed by atoms with Gasteiger partial charge in [-0.2, -0.15) is 0 Å². The third-order valence-corrected chi connectivity index (χ3v) is 3.69. The standard InChI is InChI=1S/C18H15ClN2O2/c19-14-8-6-12(7-9-14)17-15(10-11-16(20)22)23-18(21-17)13-4-2-1-3-5-13/h1-9H,10-11H2,(H2,20,22). The first-order valence-corrected chi connectivity index (χ1v) is 7.60. The number of amides is 1. The van der Waals surface area contributed by atoms with Crippen molar-refractivity contribution in [2.75, 3.05) is 0 Å². The highest BCUT2D eigenvalue weighted by Gasteiger charge is 2.16. The van der Waals surface area contributed by atoms with Gasteiger partial charge in [0.25, 0.3) is 0 Å². The van der Waals surface area contributed by atoms with E-state index in [1.807, 2.05) is 42.5 Å². The minimum atomic E-state index is -0.371. The summed E-state index contributed by atoms with van der Waals surface area (Å²) >= 11 is 5.94. The topological polar surface area (TPSA) is 69.1 Å². The van der Waals surface area contributed by atoms with Crippen LogP contribution in [0.15, 0.2) is 59.0 Å². The summed E-state index contributed by atoms with van der Waals surface area (Å²) < 4.78 is 5.88. The van der Waals surface area contributed by atoms with Crippen LogP contribution in [0.25, 0.3) is 22.7 Å². The zero-order chi connectivity index (χ0) is 16.2. The maximum Gasteiger partial charge on any atom is 0.226 e. The Bertz CT molecular complexity index is 811. The fourth-order valence-electron chi connectivity index (χ4n) is 2.30. The van der Waals surface area contributed by atoms with Crippen molar-refractivity contribution in [3.05, 3.63) is 65.4 Å². The third-order valence-electron chi connectivity index (χ3n) is 3.43. The van der Waals surface area contributed by atoms with Gasteiger partial charge < -0.3 is 10.2 Å². The Kier molecular flexibility index (Phi) is 4.44. The lowest BCUT2D eigenvalue weighted by molar-refractivity contribution is -0.118. The molecule has 0 atom stereocenters. The van der Waals surface area contributed by atoms with E-state index in [4.69, 9.17) is 21.8 Å². The summed E-state index contributed by atoms with van der Waals surface area (Å²) in [5.41, 5.74) is 7.73. The molecule has 0 fully saturated rings. The van der Waals surface area contributed by atoms with Crippen molar-refractivity contribution in [2.45, 2.75) is 12.8 Å². The summed E-state index contributed by atoms with van der Waals surface area (Å²) in [7, 11) is 0. The molecular formula is C18H15ClN2O2. The summed E-state index contributed by atoms with van der Waals surface area (Å²) in [5, 5.41) is 0.652. The molecular weight excluding hydrogens is 312 g/mol. The van der Waals surface area contributed by atoms with Gasteiger partial charge in [0.2, 0.25) is 11.8 Å².